The van der Waals surface area contributed by atoms with Crippen LogP contribution in [0.1, 0.15) is 31.2 Å². The van der Waals surface area contributed by atoms with Crippen LogP contribution in [0.5, 0.6) is 0 Å². The molecule has 0 saturated heterocycles. The highest BCUT2D eigenvalue weighted by Gasteiger charge is 2.42. The summed E-state index contributed by atoms with van der Waals surface area (Å²) in [5.74, 6) is 0.652. The number of H-pyrrole nitrogens is 1. The van der Waals surface area contributed by atoms with Gasteiger partial charge in [-0.3, -0.25) is 9.79 Å². The van der Waals surface area contributed by atoms with Crippen LogP contribution in [-0.2, 0) is 11.2 Å². The van der Waals surface area contributed by atoms with Gasteiger partial charge in [0.2, 0.25) is 5.91 Å². The van der Waals surface area contributed by atoms with E-state index in [9.17, 15) is 9.18 Å². The molecule has 1 aromatic heterocycles. The minimum absolute atomic E-state index is 0. The molecule has 8 heteroatoms. The standard InChI is InChI=1S/C21H30FN5O.HI/c1-23-20(26-14-21(9-4-5-10-21)19(28)27(2)3)24-11-8-15-13-25-18-12-16(22)6-7-17(15)18;/h6-7,12-13,25H,4-5,8-11,14H2,1-3H3,(H2,23,24,26);1H. The molecule has 1 aliphatic carbocycles. The molecule has 1 fully saturated rings. The number of carbonyl (C=O) groups excluding carboxylic acids is 1. The minimum Gasteiger partial charge on any atom is -0.361 e. The largest absolute Gasteiger partial charge is 0.361 e. The normalized spacial score (nSPS) is 15.8. The number of nitrogens with one attached hydrogen (secondary N) is 3. The SMILES string of the molecule is CN=C(NCCc1c[nH]c2cc(F)ccc12)NCC1(C(=O)N(C)C)CCCC1.I. The van der Waals surface area contributed by atoms with E-state index in [4.69, 9.17) is 0 Å². The summed E-state index contributed by atoms with van der Waals surface area (Å²) in [6.07, 6.45) is 6.72. The maximum atomic E-state index is 13.3. The van der Waals surface area contributed by atoms with Crippen molar-refractivity contribution in [1.29, 1.82) is 0 Å². The van der Waals surface area contributed by atoms with Crippen molar-refractivity contribution >= 4 is 46.7 Å². The second-order valence-electron chi connectivity index (χ2n) is 7.79. The Morgan fingerprint density at radius 1 is 1.28 bits per heavy atom. The quantitative estimate of drug-likeness (QED) is 0.314. The fraction of sp³-hybridized carbons (Fsp3) is 0.524. The van der Waals surface area contributed by atoms with E-state index in [2.05, 4.69) is 20.6 Å². The van der Waals surface area contributed by atoms with Gasteiger partial charge in [0.25, 0.3) is 0 Å². The third kappa shape index (κ3) is 5.40. The number of amides is 1. The highest BCUT2D eigenvalue weighted by molar-refractivity contribution is 14.0. The Bertz CT molecular complexity index is 858. The zero-order chi connectivity index (χ0) is 20.1. The number of guanidine groups is 1. The summed E-state index contributed by atoms with van der Waals surface area (Å²) < 4.78 is 13.3. The molecule has 0 atom stereocenters. The van der Waals surface area contributed by atoms with Crippen LogP contribution >= 0.6 is 24.0 Å². The number of fused-ring (bicyclic) bond motifs is 1. The summed E-state index contributed by atoms with van der Waals surface area (Å²) >= 11 is 0. The lowest BCUT2D eigenvalue weighted by atomic mass is 9.84. The van der Waals surface area contributed by atoms with Crippen LogP contribution in [0, 0.1) is 11.2 Å². The van der Waals surface area contributed by atoms with Crippen molar-refractivity contribution in [2.24, 2.45) is 10.4 Å². The number of aromatic amines is 1. The van der Waals surface area contributed by atoms with Gasteiger partial charge in [-0.1, -0.05) is 12.8 Å². The van der Waals surface area contributed by atoms with Gasteiger partial charge in [0.15, 0.2) is 5.96 Å². The molecule has 0 aliphatic heterocycles. The molecule has 29 heavy (non-hydrogen) atoms. The van der Waals surface area contributed by atoms with Crippen molar-refractivity contribution in [2.45, 2.75) is 32.1 Å². The van der Waals surface area contributed by atoms with Crippen molar-refractivity contribution < 1.29 is 9.18 Å². The third-order valence-corrected chi connectivity index (χ3v) is 5.65. The van der Waals surface area contributed by atoms with E-state index in [0.717, 1.165) is 48.6 Å². The minimum atomic E-state index is -0.331. The topological polar surface area (TPSA) is 72.5 Å². The lowest BCUT2D eigenvalue weighted by molar-refractivity contribution is -0.138. The first-order valence-electron chi connectivity index (χ1n) is 9.87. The van der Waals surface area contributed by atoms with Gasteiger partial charge in [0.05, 0.1) is 5.41 Å². The average molecular weight is 515 g/mol. The van der Waals surface area contributed by atoms with Gasteiger partial charge in [0, 0.05) is 51.3 Å². The predicted octanol–water partition coefficient (Wildman–Crippen LogP) is 3.28. The van der Waals surface area contributed by atoms with Crippen molar-refractivity contribution in [1.82, 2.24) is 20.5 Å². The van der Waals surface area contributed by atoms with Crippen LogP contribution in [0.25, 0.3) is 10.9 Å². The van der Waals surface area contributed by atoms with Crippen molar-refractivity contribution in [3.63, 3.8) is 0 Å². The number of rotatable bonds is 6. The summed E-state index contributed by atoms with van der Waals surface area (Å²) in [5, 5.41) is 7.70. The number of aromatic nitrogens is 1. The van der Waals surface area contributed by atoms with Gasteiger partial charge in [-0.2, -0.15) is 0 Å². The Morgan fingerprint density at radius 2 is 2.00 bits per heavy atom. The molecule has 160 valence electrons. The number of hydrogen-bond acceptors (Lipinski definition) is 2. The molecule has 1 saturated carbocycles. The van der Waals surface area contributed by atoms with Crippen LogP contribution in [0.3, 0.4) is 0 Å². The number of benzene rings is 1. The Hall–Kier alpha value is -1.84. The second kappa shape index (κ2) is 10.3. The van der Waals surface area contributed by atoms with Gasteiger partial charge >= 0.3 is 0 Å². The highest BCUT2D eigenvalue weighted by Crippen LogP contribution is 2.38. The molecule has 3 N–H and O–H groups in total. The molecular weight excluding hydrogens is 484 g/mol. The Labute approximate surface area is 188 Å². The monoisotopic (exact) mass is 515 g/mol. The molecule has 0 unspecified atom stereocenters. The summed E-state index contributed by atoms with van der Waals surface area (Å²) in [6, 6.07) is 4.80. The van der Waals surface area contributed by atoms with E-state index in [1.807, 2.05) is 20.3 Å². The molecule has 3 rings (SSSR count). The van der Waals surface area contributed by atoms with E-state index in [0.29, 0.717) is 19.0 Å². The summed E-state index contributed by atoms with van der Waals surface area (Å²) in [5.41, 5.74) is 1.61. The van der Waals surface area contributed by atoms with Crippen molar-refractivity contribution in [2.75, 3.05) is 34.2 Å². The zero-order valence-corrected chi connectivity index (χ0v) is 19.7. The van der Waals surface area contributed by atoms with E-state index in [1.165, 1.54) is 12.1 Å². The number of nitrogens with zero attached hydrogens (tertiary/aromatic N) is 2. The molecule has 1 aliphatic rings. The maximum Gasteiger partial charge on any atom is 0.230 e. The highest BCUT2D eigenvalue weighted by atomic mass is 127. The third-order valence-electron chi connectivity index (χ3n) is 5.65. The number of halogens is 2. The smallest absolute Gasteiger partial charge is 0.230 e. The summed E-state index contributed by atoms with van der Waals surface area (Å²) in [7, 11) is 5.38. The Morgan fingerprint density at radius 3 is 2.66 bits per heavy atom. The zero-order valence-electron chi connectivity index (χ0n) is 17.3. The first-order chi connectivity index (χ1) is 13.4. The van der Waals surface area contributed by atoms with Crippen LogP contribution in [0.15, 0.2) is 29.4 Å². The molecule has 1 heterocycles. The fourth-order valence-electron chi connectivity index (χ4n) is 4.15. The number of carbonyl (C=O) groups is 1. The Kier molecular flexibility index (Phi) is 8.30. The Balaban J connectivity index is 0.00000300. The predicted molar refractivity (Wildman–Crippen MR) is 126 cm³/mol. The number of aliphatic imine (C=N–C) groups is 1. The molecule has 1 aromatic carbocycles. The molecular formula is C21H31FIN5O. The van der Waals surface area contributed by atoms with E-state index >= 15 is 0 Å². The van der Waals surface area contributed by atoms with E-state index in [1.54, 1.807) is 18.0 Å². The lowest BCUT2D eigenvalue weighted by Gasteiger charge is -2.31. The van der Waals surface area contributed by atoms with Gasteiger partial charge in [0.1, 0.15) is 5.82 Å². The van der Waals surface area contributed by atoms with Crippen molar-refractivity contribution in [3.05, 3.63) is 35.8 Å². The van der Waals surface area contributed by atoms with Gasteiger partial charge in [-0.15, -0.1) is 24.0 Å². The van der Waals surface area contributed by atoms with Gasteiger partial charge in [-0.25, -0.2) is 4.39 Å². The summed E-state index contributed by atoms with van der Waals surface area (Å²) in [4.78, 5) is 21.8. The van der Waals surface area contributed by atoms with Crippen LogP contribution in [-0.4, -0.2) is 56.0 Å². The molecule has 1 amide bonds. The average Bonchev–Trinajstić information content (AvgIpc) is 3.31. The molecule has 2 aromatic rings. The second-order valence-corrected chi connectivity index (χ2v) is 7.79. The maximum absolute atomic E-state index is 13.3. The van der Waals surface area contributed by atoms with Crippen LogP contribution < -0.4 is 10.6 Å². The van der Waals surface area contributed by atoms with Crippen LogP contribution in [0.4, 0.5) is 4.39 Å². The fourth-order valence-corrected chi connectivity index (χ4v) is 4.15. The molecule has 0 radical (unpaired) electrons. The van der Waals surface area contributed by atoms with Gasteiger partial charge < -0.3 is 20.5 Å². The molecule has 6 nitrogen and oxygen atoms in total. The van der Waals surface area contributed by atoms with Crippen molar-refractivity contribution in [3.8, 4) is 0 Å². The summed E-state index contributed by atoms with van der Waals surface area (Å²) in [6.45, 7) is 1.29. The molecule has 0 bridgehead atoms. The number of hydrogen-bond donors (Lipinski definition) is 3. The first kappa shape index (κ1) is 23.4. The van der Waals surface area contributed by atoms with E-state index < -0.39 is 0 Å². The van der Waals surface area contributed by atoms with Crippen LogP contribution in [0.2, 0.25) is 0 Å². The molecule has 0 spiro atoms. The van der Waals surface area contributed by atoms with E-state index in [-0.39, 0.29) is 41.1 Å². The van der Waals surface area contributed by atoms with Gasteiger partial charge in [-0.05, 0) is 43.0 Å². The lowest BCUT2D eigenvalue weighted by Crippen LogP contribution is -2.49. The first-order valence-corrected chi connectivity index (χ1v) is 9.87.